The van der Waals surface area contributed by atoms with Crippen molar-refractivity contribution in [2.24, 2.45) is 5.92 Å². The zero-order valence-electron chi connectivity index (χ0n) is 16.8. The Labute approximate surface area is 165 Å². The molecule has 1 aromatic carbocycles. The highest BCUT2D eigenvalue weighted by Crippen LogP contribution is 2.37. The van der Waals surface area contributed by atoms with Crippen molar-refractivity contribution in [3.05, 3.63) is 41.6 Å². The van der Waals surface area contributed by atoms with Gasteiger partial charge in [0.1, 0.15) is 17.4 Å². The molecule has 148 valence electrons. The molecule has 2 aromatic heterocycles. The molecule has 0 radical (unpaired) electrons. The maximum absolute atomic E-state index is 12.5. The Morgan fingerprint density at radius 3 is 2.64 bits per heavy atom. The molecule has 0 saturated heterocycles. The minimum absolute atomic E-state index is 0.287. The number of benzene rings is 1. The molecule has 1 fully saturated rings. The van der Waals surface area contributed by atoms with Crippen molar-refractivity contribution in [1.82, 2.24) is 25.0 Å². The van der Waals surface area contributed by atoms with Crippen molar-refractivity contribution in [2.45, 2.75) is 71.3 Å². The van der Waals surface area contributed by atoms with Gasteiger partial charge in [-0.05, 0) is 43.2 Å². The van der Waals surface area contributed by atoms with E-state index in [0.717, 1.165) is 41.8 Å². The van der Waals surface area contributed by atoms with Crippen molar-refractivity contribution in [1.29, 1.82) is 0 Å². The zero-order valence-corrected chi connectivity index (χ0v) is 16.8. The number of nitrogens with one attached hydrogen (secondary N) is 1. The molecule has 3 aromatic rings. The number of H-pyrrole nitrogens is 1. The van der Waals surface area contributed by atoms with Gasteiger partial charge < -0.3 is 4.57 Å². The number of carbonyl (C=O) groups is 1. The first-order valence-electron chi connectivity index (χ1n) is 10.5. The maximum atomic E-state index is 12.5. The summed E-state index contributed by atoms with van der Waals surface area (Å²) in [4.78, 5) is 12.5. The standard InChI is InChI=1S/C22H29N5O/c1-15(2)6-12-21-25-26-22(27(21)17-8-9-17)13-11-18(28)10-7-16-4-3-5-20-19(16)14-23-24-20/h3-5,14-15,17H,6-13H2,1-2H3,(H,23,24). The quantitative estimate of drug-likeness (QED) is 0.572. The molecule has 6 heteroatoms. The Kier molecular flexibility index (Phi) is 5.55. The van der Waals surface area contributed by atoms with Crippen LogP contribution in [0, 0.1) is 5.92 Å². The van der Waals surface area contributed by atoms with Crippen molar-refractivity contribution in [3.63, 3.8) is 0 Å². The van der Waals surface area contributed by atoms with Gasteiger partial charge in [-0.1, -0.05) is 26.0 Å². The van der Waals surface area contributed by atoms with Crippen LogP contribution in [0.25, 0.3) is 10.9 Å². The van der Waals surface area contributed by atoms with Crippen LogP contribution in [0.3, 0.4) is 0 Å². The predicted molar refractivity (Wildman–Crippen MR) is 109 cm³/mol. The van der Waals surface area contributed by atoms with Crippen LogP contribution in [-0.4, -0.2) is 30.7 Å². The van der Waals surface area contributed by atoms with E-state index in [9.17, 15) is 4.79 Å². The Bertz CT molecular complexity index is 951. The lowest BCUT2D eigenvalue weighted by molar-refractivity contribution is -0.119. The number of aryl methyl sites for hydroxylation is 3. The van der Waals surface area contributed by atoms with E-state index < -0.39 is 0 Å². The maximum Gasteiger partial charge on any atom is 0.133 e. The SMILES string of the molecule is CC(C)CCc1nnc(CCC(=O)CCc2cccc3[nH]ncc23)n1C1CC1. The van der Waals surface area contributed by atoms with E-state index in [2.05, 4.69) is 44.9 Å². The Balaban J connectivity index is 1.34. The van der Waals surface area contributed by atoms with Gasteiger partial charge in [0.05, 0.1) is 11.7 Å². The van der Waals surface area contributed by atoms with E-state index in [-0.39, 0.29) is 5.78 Å². The molecular formula is C22H29N5O. The lowest BCUT2D eigenvalue weighted by Crippen LogP contribution is -2.09. The molecule has 2 heterocycles. The molecule has 0 spiro atoms. The zero-order chi connectivity index (χ0) is 19.5. The summed E-state index contributed by atoms with van der Waals surface area (Å²) < 4.78 is 2.32. The summed E-state index contributed by atoms with van der Waals surface area (Å²) in [5, 5.41) is 17.1. The number of ketones is 1. The third-order valence-corrected chi connectivity index (χ3v) is 5.57. The Morgan fingerprint density at radius 1 is 1.14 bits per heavy atom. The molecule has 1 aliphatic rings. The number of aromatic amines is 1. The van der Waals surface area contributed by atoms with Gasteiger partial charge in [0.2, 0.25) is 0 Å². The third-order valence-electron chi connectivity index (χ3n) is 5.57. The summed E-state index contributed by atoms with van der Waals surface area (Å²) in [6.07, 6.45) is 8.91. The van der Waals surface area contributed by atoms with E-state index in [1.807, 2.05) is 18.3 Å². The summed E-state index contributed by atoms with van der Waals surface area (Å²) in [6, 6.07) is 6.66. The molecule has 1 saturated carbocycles. The normalized spacial score (nSPS) is 14.2. The smallest absolute Gasteiger partial charge is 0.133 e. The lowest BCUT2D eigenvalue weighted by atomic mass is 10.0. The monoisotopic (exact) mass is 379 g/mol. The molecule has 28 heavy (non-hydrogen) atoms. The van der Waals surface area contributed by atoms with Gasteiger partial charge >= 0.3 is 0 Å². The molecule has 0 atom stereocenters. The Morgan fingerprint density at radius 2 is 1.89 bits per heavy atom. The molecular weight excluding hydrogens is 350 g/mol. The largest absolute Gasteiger partial charge is 0.312 e. The minimum atomic E-state index is 0.287. The highest BCUT2D eigenvalue weighted by atomic mass is 16.1. The summed E-state index contributed by atoms with van der Waals surface area (Å²) in [6.45, 7) is 4.48. The fourth-order valence-corrected chi connectivity index (χ4v) is 3.77. The number of Topliss-reactive ketones (excluding diaryl/α,β-unsaturated/α-hetero) is 1. The summed E-state index contributed by atoms with van der Waals surface area (Å²) in [5.41, 5.74) is 2.20. The van der Waals surface area contributed by atoms with Gasteiger partial charge in [0, 0.05) is 37.1 Å². The van der Waals surface area contributed by atoms with Gasteiger partial charge in [-0.3, -0.25) is 9.89 Å². The number of fused-ring (bicyclic) bond motifs is 1. The predicted octanol–water partition coefficient (Wildman–Crippen LogP) is 4.21. The van der Waals surface area contributed by atoms with Gasteiger partial charge in [-0.25, -0.2) is 0 Å². The molecule has 4 rings (SSSR count). The third kappa shape index (κ3) is 4.32. The average Bonchev–Trinajstić information content (AvgIpc) is 3.25. The molecule has 0 bridgehead atoms. The molecule has 0 amide bonds. The van der Waals surface area contributed by atoms with Gasteiger partial charge in [-0.2, -0.15) is 5.10 Å². The number of hydrogen-bond donors (Lipinski definition) is 1. The van der Waals surface area contributed by atoms with Crippen LogP contribution in [0.15, 0.2) is 24.4 Å². The first kappa shape index (κ1) is 18.8. The van der Waals surface area contributed by atoms with Gasteiger partial charge in [-0.15, -0.1) is 10.2 Å². The molecule has 1 aliphatic carbocycles. The highest BCUT2D eigenvalue weighted by molar-refractivity contribution is 5.83. The van der Waals surface area contributed by atoms with E-state index in [1.54, 1.807) is 0 Å². The summed E-state index contributed by atoms with van der Waals surface area (Å²) >= 11 is 0. The van der Waals surface area contributed by atoms with Crippen molar-refractivity contribution in [3.8, 4) is 0 Å². The topological polar surface area (TPSA) is 76.5 Å². The van der Waals surface area contributed by atoms with E-state index >= 15 is 0 Å². The minimum Gasteiger partial charge on any atom is -0.312 e. The van der Waals surface area contributed by atoms with Crippen LogP contribution in [0.1, 0.15) is 69.2 Å². The first-order chi connectivity index (χ1) is 13.6. The average molecular weight is 380 g/mol. The van der Waals surface area contributed by atoms with E-state index in [1.165, 1.54) is 18.4 Å². The van der Waals surface area contributed by atoms with Gasteiger partial charge in [0.25, 0.3) is 0 Å². The number of hydrogen-bond acceptors (Lipinski definition) is 4. The number of carbonyl (C=O) groups excluding carboxylic acids is 1. The van der Waals surface area contributed by atoms with Crippen LogP contribution in [0.5, 0.6) is 0 Å². The van der Waals surface area contributed by atoms with Gasteiger partial charge in [0.15, 0.2) is 0 Å². The van der Waals surface area contributed by atoms with Crippen molar-refractivity contribution in [2.75, 3.05) is 0 Å². The fraction of sp³-hybridized carbons (Fsp3) is 0.545. The first-order valence-corrected chi connectivity index (χ1v) is 10.5. The van der Waals surface area contributed by atoms with Crippen LogP contribution < -0.4 is 0 Å². The summed E-state index contributed by atoms with van der Waals surface area (Å²) in [7, 11) is 0. The van der Waals surface area contributed by atoms with Crippen molar-refractivity contribution < 1.29 is 4.79 Å². The van der Waals surface area contributed by atoms with Crippen LogP contribution in [0.2, 0.25) is 0 Å². The second-order valence-corrected chi connectivity index (χ2v) is 8.35. The number of aromatic nitrogens is 5. The fourth-order valence-electron chi connectivity index (χ4n) is 3.77. The second-order valence-electron chi connectivity index (χ2n) is 8.35. The van der Waals surface area contributed by atoms with Crippen molar-refractivity contribution >= 4 is 16.7 Å². The molecule has 0 unspecified atom stereocenters. The Hall–Kier alpha value is -2.50. The lowest BCUT2D eigenvalue weighted by Gasteiger charge is -2.10. The van der Waals surface area contributed by atoms with E-state index in [0.29, 0.717) is 31.2 Å². The number of nitrogens with zero attached hydrogens (tertiary/aromatic N) is 4. The number of rotatable bonds is 10. The highest BCUT2D eigenvalue weighted by Gasteiger charge is 2.29. The molecule has 0 aliphatic heterocycles. The summed E-state index contributed by atoms with van der Waals surface area (Å²) in [5.74, 6) is 3.04. The van der Waals surface area contributed by atoms with Crippen LogP contribution in [-0.2, 0) is 24.1 Å². The van der Waals surface area contributed by atoms with Crippen LogP contribution >= 0.6 is 0 Å². The second kappa shape index (κ2) is 8.25. The molecule has 1 N–H and O–H groups in total. The van der Waals surface area contributed by atoms with E-state index in [4.69, 9.17) is 0 Å². The van der Waals surface area contributed by atoms with Crippen LogP contribution in [0.4, 0.5) is 0 Å². The molecule has 6 nitrogen and oxygen atoms in total.